The summed E-state index contributed by atoms with van der Waals surface area (Å²) in [4.78, 5) is 0. The van der Waals surface area contributed by atoms with Crippen LogP contribution in [0.2, 0.25) is 25.2 Å². The van der Waals surface area contributed by atoms with Gasteiger partial charge in [-0.2, -0.15) is 0 Å². The molecule has 0 aromatic heterocycles. The van der Waals surface area contributed by atoms with Gasteiger partial charge in [-0.15, -0.1) is 0 Å². The first-order valence-corrected chi connectivity index (χ1v) is 19.4. The SMILES string of the molecule is CC1=C(C)C([Si](c2cc(C)cc([Si](C)(C)C)c2)(c2ccc(C)cc2C)c2ccc(C)cc2C)C(C)=C1C. The molecule has 0 atom stereocenters. The summed E-state index contributed by atoms with van der Waals surface area (Å²) in [5.41, 5.74) is 13.5. The molecule has 3 aromatic rings. The van der Waals surface area contributed by atoms with Crippen LogP contribution in [0.15, 0.2) is 76.9 Å². The van der Waals surface area contributed by atoms with Gasteiger partial charge in [0.25, 0.3) is 0 Å². The molecule has 0 spiro atoms. The molecule has 0 bridgehead atoms. The molecule has 0 unspecified atom stereocenters. The lowest BCUT2D eigenvalue weighted by Crippen LogP contribution is -2.72. The predicted molar refractivity (Wildman–Crippen MR) is 171 cm³/mol. The molecule has 0 saturated carbocycles. The van der Waals surface area contributed by atoms with E-state index in [1.807, 2.05) is 0 Å². The van der Waals surface area contributed by atoms with E-state index in [2.05, 4.69) is 137 Å². The Morgan fingerprint density at radius 1 is 0.486 bits per heavy atom. The lowest BCUT2D eigenvalue weighted by molar-refractivity contribution is 1.09. The van der Waals surface area contributed by atoms with Crippen molar-refractivity contribution in [1.29, 1.82) is 0 Å². The van der Waals surface area contributed by atoms with Gasteiger partial charge in [0, 0.05) is 5.54 Å². The van der Waals surface area contributed by atoms with Gasteiger partial charge in [0.05, 0.1) is 8.07 Å². The first-order valence-electron chi connectivity index (χ1n) is 13.8. The van der Waals surface area contributed by atoms with Crippen LogP contribution in [-0.4, -0.2) is 16.1 Å². The van der Waals surface area contributed by atoms with Gasteiger partial charge >= 0.3 is 0 Å². The summed E-state index contributed by atoms with van der Waals surface area (Å²) in [5, 5.41) is 6.30. The van der Waals surface area contributed by atoms with Gasteiger partial charge in [-0.05, 0) is 89.0 Å². The quantitative estimate of drug-likeness (QED) is 0.244. The standard InChI is InChI=1S/C35H46Si2/c1-22-13-15-33(25(4)17-22)37(34-16-14-23(2)18-26(34)5,35-29(8)27(6)28(7)30(35)9)32-20-24(3)19-31(21-32)36(10,11)12/h13-21,35H,1-12H3. The second kappa shape index (κ2) is 9.71. The fourth-order valence-electron chi connectivity index (χ4n) is 6.89. The van der Waals surface area contributed by atoms with Gasteiger partial charge in [-0.25, -0.2) is 0 Å². The van der Waals surface area contributed by atoms with Crippen molar-refractivity contribution in [2.45, 2.75) is 87.5 Å². The smallest absolute Gasteiger partial charge is 0.0656 e. The molecule has 0 fully saturated rings. The van der Waals surface area contributed by atoms with Crippen molar-refractivity contribution in [1.82, 2.24) is 0 Å². The molecule has 0 N–H and O–H groups in total. The molecule has 1 aliphatic rings. The van der Waals surface area contributed by atoms with Gasteiger partial charge in [0.1, 0.15) is 0 Å². The molecule has 0 saturated heterocycles. The van der Waals surface area contributed by atoms with Gasteiger partial charge in [-0.3, -0.25) is 0 Å². The van der Waals surface area contributed by atoms with E-state index in [1.54, 1.807) is 31.9 Å². The van der Waals surface area contributed by atoms with Crippen molar-refractivity contribution in [3.05, 3.63) is 105 Å². The first-order chi connectivity index (χ1) is 17.2. The van der Waals surface area contributed by atoms with Crippen LogP contribution in [-0.2, 0) is 0 Å². The molecule has 4 rings (SSSR count). The van der Waals surface area contributed by atoms with Crippen LogP contribution in [0.5, 0.6) is 0 Å². The highest BCUT2D eigenvalue weighted by molar-refractivity contribution is 7.13. The molecule has 0 aliphatic heterocycles. The molecule has 37 heavy (non-hydrogen) atoms. The summed E-state index contributed by atoms with van der Waals surface area (Å²) in [6, 6.07) is 22.2. The Labute approximate surface area is 228 Å². The second-order valence-electron chi connectivity index (χ2n) is 12.8. The van der Waals surface area contributed by atoms with E-state index in [1.165, 1.54) is 39.0 Å². The third-order valence-electron chi connectivity index (χ3n) is 9.06. The van der Waals surface area contributed by atoms with E-state index in [0.717, 1.165) is 0 Å². The largest absolute Gasteiger partial charge is 0.159 e. The highest BCUT2D eigenvalue weighted by atomic mass is 28.3. The summed E-state index contributed by atoms with van der Waals surface area (Å²) in [7, 11) is -4.09. The van der Waals surface area contributed by atoms with Crippen molar-refractivity contribution in [2.24, 2.45) is 0 Å². The average Bonchev–Trinajstić information content (AvgIpc) is 2.99. The third-order valence-corrected chi connectivity index (χ3v) is 16.8. The fraction of sp³-hybridized carbons (Fsp3) is 0.371. The van der Waals surface area contributed by atoms with Crippen LogP contribution < -0.4 is 20.7 Å². The molecular weight excluding hydrogens is 477 g/mol. The Morgan fingerprint density at radius 3 is 1.32 bits per heavy atom. The molecular formula is C35H46Si2. The van der Waals surface area contributed by atoms with Crippen molar-refractivity contribution < 1.29 is 0 Å². The summed E-state index contributed by atoms with van der Waals surface area (Å²) in [6.45, 7) is 28.5. The Balaban J connectivity index is 2.30. The predicted octanol–water partition coefficient (Wildman–Crippen LogP) is 7.30. The maximum atomic E-state index is 2.65. The Morgan fingerprint density at radius 2 is 0.919 bits per heavy atom. The number of aryl methyl sites for hydroxylation is 5. The number of benzene rings is 3. The van der Waals surface area contributed by atoms with Crippen molar-refractivity contribution in [3.8, 4) is 0 Å². The maximum Gasteiger partial charge on any atom is 0.159 e. The summed E-state index contributed by atoms with van der Waals surface area (Å²) >= 11 is 0. The lowest BCUT2D eigenvalue weighted by atomic mass is 10.1. The van der Waals surface area contributed by atoms with E-state index < -0.39 is 16.1 Å². The monoisotopic (exact) mass is 522 g/mol. The minimum atomic E-state index is -2.57. The average molecular weight is 523 g/mol. The zero-order chi connectivity index (χ0) is 27.4. The van der Waals surface area contributed by atoms with Crippen LogP contribution >= 0.6 is 0 Å². The van der Waals surface area contributed by atoms with E-state index in [0.29, 0.717) is 5.54 Å². The second-order valence-corrected chi connectivity index (χ2v) is 21.8. The molecule has 1 aliphatic carbocycles. The summed E-state index contributed by atoms with van der Waals surface area (Å²) < 4.78 is 0. The van der Waals surface area contributed by atoms with Gasteiger partial charge in [0.15, 0.2) is 8.07 Å². The highest BCUT2D eigenvalue weighted by Crippen LogP contribution is 2.46. The molecule has 0 radical (unpaired) electrons. The molecule has 0 heterocycles. The van der Waals surface area contributed by atoms with Gasteiger partial charge < -0.3 is 0 Å². The Kier molecular flexibility index (Phi) is 7.24. The van der Waals surface area contributed by atoms with Crippen LogP contribution in [0.1, 0.15) is 55.5 Å². The highest BCUT2D eigenvalue weighted by Gasteiger charge is 2.51. The van der Waals surface area contributed by atoms with Crippen LogP contribution in [0.25, 0.3) is 0 Å². The van der Waals surface area contributed by atoms with Crippen LogP contribution in [0, 0.1) is 34.6 Å². The minimum absolute atomic E-state index is 0.409. The number of rotatable bonds is 5. The number of hydrogen-bond donors (Lipinski definition) is 0. The Bertz CT molecular complexity index is 1370. The first kappa shape index (κ1) is 27.6. The normalized spacial score (nSPS) is 15.2. The minimum Gasteiger partial charge on any atom is -0.0656 e. The van der Waals surface area contributed by atoms with Crippen LogP contribution in [0.3, 0.4) is 0 Å². The van der Waals surface area contributed by atoms with Crippen molar-refractivity contribution in [3.63, 3.8) is 0 Å². The lowest BCUT2D eigenvalue weighted by Gasteiger charge is -2.43. The third kappa shape index (κ3) is 4.57. The fourth-order valence-corrected chi connectivity index (χ4v) is 14.8. The summed E-state index contributed by atoms with van der Waals surface area (Å²) in [5.74, 6) is 0. The van der Waals surface area contributed by atoms with Crippen LogP contribution in [0.4, 0.5) is 0 Å². The van der Waals surface area contributed by atoms with Gasteiger partial charge in [-0.1, -0.05) is 118 Å². The number of allylic oxidation sites excluding steroid dienone is 4. The van der Waals surface area contributed by atoms with E-state index in [-0.39, 0.29) is 0 Å². The topological polar surface area (TPSA) is 0 Å². The maximum absolute atomic E-state index is 2.65. The molecule has 194 valence electrons. The summed E-state index contributed by atoms with van der Waals surface area (Å²) in [6.07, 6.45) is 0. The zero-order valence-corrected chi connectivity index (χ0v) is 27.3. The molecule has 0 amide bonds. The molecule has 2 heteroatoms. The van der Waals surface area contributed by atoms with E-state index >= 15 is 0 Å². The zero-order valence-electron chi connectivity index (χ0n) is 25.3. The van der Waals surface area contributed by atoms with E-state index in [9.17, 15) is 0 Å². The number of hydrogen-bond acceptors (Lipinski definition) is 0. The Hall–Kier alpha value is -2.43. The molecule has 3 aromatic carbocycles. The van der Waals surface area contributed by atoms with Crippen molar-refractivity contribution >= 4 is 36.9 Å². The van der Waals surface area contributed by atoms with Gasteiger partial charge in [0.2, 0.25) is 0 Å². The van der Waals surface area contributed by atoms with Crippen molar-refractivity contribution in [2.75, 3.05) is 0 Å². The van der Waals surface area contributed by atoms with E-state index in [4.69, 9.17) is 0 Å². The molecule has 0 nitrogen and oxygen atoms in total.